The fourth-order valence-electron chi connectivity index (χ4n) is 3.37. The molecule has 0 saturated carbocycles. The third-order valence-corrected chi connectivity index (χ3v) is 4.71. The number of esters is 1. The molecule has 7 nitrogen and oxygen atoms in total. The van der Waals surface area contributed by atoms with Crippen LogP contribution in [0.3, 0.4) is 0 Å². The van der Waals surface area contributed by atoms with E-state index in [1.165, 1.54) is 5.56 Å². The summed E-state index contributed by atoms with van der Waals surface area (Å²) in [4.78, 5) is 26.5. The average Bonchev–Trinajstić information content (AvgIpc) is 3.01. The number of ether oxygens (including phenoxy) is 1. The molecule has 0 spiro atoms. The lowest BCUT2D eigenvalue weighted by atomic mass is 10.1. The molecule has 3 rings (SSSR count). The minimum Gasteiger partial charge on any atom is -0.461 e. The number of aryl methyl sites for hydroxylation is 2. The Bertz CT molecular complexity index is 801. The zero-order valence-electron chi connectivity index (χ0n) is 15.9. The van der Waals surface area contributed by atoms with Gasteiger partial charge in [-0.1, -0.05) is 30.3 Å². The van der Waals surface area contributed by atoms with Gasteiger partial charge >= 0.3 is 12.0 Å². The van der Waals surface area contributed by atoms with Crippen molar-refractivity contribution in [1.29, 1.82) is 0 Å². The first kappa shape index (κ1) is 18.9. The smallest absolute Gasteiger partial charge is 0.356 e. The van der Waals surface area contributed by atoms with Gasteiger partial charge in [-0.3, -0.25) is 4.68 Å². The molecular formula is C20H26N4O3. The molecular weight excluding hydrogens is 344 g/mol. The summed E-state index contributed by atoms with van der Waals surface area (Å²) in [6.07, 6.45) is 2.46. The quantitative estimate of drug-likeness (QED) is 0.625. The molecule has 0 fully saturated rings. The summed E-state index contributed by atoms with van der Waals surface area (Å²) in [5.74, 6) is -0.390. The number of hydrogen-bond donors (Lipinski definition) is 1. The van der Waals surface area contributed by atoms with Gasteiger partial charge in [0.15, 0.2) is 5.69 Å². The van der Waals surface area contributed by atoms with Gasteiger partial charge in [-0.2, -0.15) is 5.10 Å². The second kappa shape index (κ2) is 8.70. The van der Waals surface area contributed by atoms with E-state index >= 15 is 0 Å². The Morgan fingerprint density at radius 3 is 2.78 bits per heavy atom. The zero-order chi connectivity index (χ0) is 19.2. The van der Waals surface area contributed by atoms with Gasteiger partial charge in [-0.25, -0.2) is 9.59 Å². The lowest BCUT2D eigenvalue weighted by molar-refractivity contribution is 0.0511. The highest BCUT2D eigenvalue weighted by Crippen LogP contribution is 2.22. The van der Waals surface area contributed by atoms with Gasteiger partial charge in [0.05, 0.1) is 18.8 Å². The monoisotopic (exact) mass is 370 g/mol. The molecule has 144 valence electrons. The van der Waals surface area contributed by atoms with Crippen LogP contribution < -0.4 is 5.32 Å². The van der Waals surface area contributed by atoms with Crippen molar-refractivity contribution in [2.75, 3.05) is 19.7 Å². The van der Waals surface area contributed by atoms with Gasteiger partial charge < -0.3 is 15.0 Å². The molecule has 1 N–H and O–H groups in total. The number of rotatable bonds is 6. The molecule has 7 heteroatoms. The van der Waals surface area contributed by atoms with E-state index in [9.17, 15) is 9.59 Å². The van der Waals surface area contributed by atoms with Crippen molar-refractivity contribution in [2.45, 2.75) is 32.7 Å². The van der Waals surface area contributed by atoms with E-state index in [0.29, 0.717) is 38.4 Å². The molecule has 0 aliphatic carbocycles. The second-order valence-corrected chi connectivity index (χ2v) is 6.61. The van der Waals surface area contributed by atoms with Crippen LogP contribution in [0.4, 0.5) is 4.79 Å². The summed E-state index contributed by atoms with van der Waals surface area (Å²) >= 11 is 0. The molecule has 27 heavy (non-hydrogen) atoms. The number of nitrogens with one attached hydrogen (secondary N) is 1. The zero-order valence-corrected chi connectivity index (χ0v) is 15.9. The van der Waals surface area contributed by atoms with Crippen LogP contribution in [0.15, 0.2) is 30.3 Å². The molecule has 1 aliphatic rings. The Labute approximate surface area is 159 Å². The maximum atomic E-state index is 12.5. The molecule has 2 heterocycles. The largest absolute Gasteiger partial charge is 0.461 e. The lowest BCUT2D eigenvalue weighted by Gasteiger charge is -2.27. The van der Waals surface area contributed by atoms with Crippen LogP contribution in [0.5, 0.6) is 0 Å². The Morgan fingerprint density at radius 1 is 1.26 bits per heavy atom. The van der Waals surface area contributed by atoms with Gasteiger partial charge in [0.25, 0.3) is 0 Å². The van der Waals surface area contributed by atoms with Crippen molar-refractivity contribution >= 4 is 12.0 Å². The maximum Gasteiger partial charge on any atom is 0.356 e. The van der Waals surface area contributed by atoms with Crippen LogP contribution in [0.1, 0.15) is 40.7 Å². The van der Waals surface area contributed by atoms with Crippen LogP contribution in [-0.4, -0.2) is 46.4 Å². The molecule has 0 saturated heterocycles. The van der Waals surface area contributed by atoms with E-state index in [2.05, 4.69) is 22.5 Å². The Hall–Kier alpha value is -2.83. The lowest BCUT2D eigenvalue weighted by Crippen LogP contribution is -2.43. The summed E-state index contributed by atoms with van der Waals surface area (Å²) in [5.41, 5.74) is 3.37. The van der Waals surface area contributed by atoms with E-state index in [0.717, 1.165) is 24.1 Å². The molecule has 0 unspecified atom stereocenters. The van der Waals surface area contributed by atoms with E-state index in [1.807, 2.05) is 18.2 Å². The molecule has 0 bridgehead atoms. The van der Waals surface area contributed by atoms with Gasteiger partial charge in [-0.05, 0) is 25.3 Å². The average molecular weight is 370 g/mol. The molecule has 0 radical (unpaired) electrons. The minimum absolute atomic E-state index is 0.104. The SMILES string of the molecule is CCOC(=O)c1c2c(nn1C)CCN(C(=O)NCCCc1ccccc1)C2. The van der Waals surface area contributed by atoms with Crippen molar-refractivity contribution in [3.63, 3.8) is 0 Å². The first-order chi connectivity index (χ1) is 13.1. The van der Waals surface area contributed by atoms with Crippen LogP contribution in [0.25, 0.3) is 0 Å². The molecule has 0 atom stereocenters. The number of nitrogens with zero attached hydrogens (tertiary/aromatic N) is 3. The van der Waals surface area contributed by atoms with E-state index < -0.39 is 0 Å². The number of hydrogen-bond acceptors (Lipinski definition) is 4. The van der Waals surface area contributed by atoms with E-state index in [4.69, 9.17) is 4.74 Å². The second-order valence-electron chi connectivity index (χ2n) is 6.61. The topological polar surface area (TPSA) is 76.5 Å². The number of urea groups is 1. The Morgan fingerprint density at radius 2 is 2.04 bits per heavy atom. The van der Waals surface area contributed by atoms with Crippen molar-refractivity contribution in [1.82, 2.24) is 20.0 Å². The van der Waals surface area contributed by atoms with Crippen molar-refractivity contribution in [2.24, 2.45) is 7.05 Å². The molecule has 2 aromatic rings. The van der Waals surface area contributed by atoms with Crippen LogP contribution >= 0.6 is 0 Å². The van der Waals surface area contributed by atoms with Gasteiger partial charge in [-0.15, -0.1) is 0 Å². The Balaban J connectivity index is 1.55. The van der Waals surface area contributed by atoms with Crippen LogP contribution in [-0.2, 0) is 31.2 Å². The summed E-state index contributed by atoms with van der Waals surface area (Å²) in [5, 5.41) is 7.39. The molecule has 2 amide bonds. The van der Waals surface area contributed by atoms with Crippen molar-refractivity contribution in [3.05, 3.63) is 52.8 Å². The highest BCUT2D eigenvalue weighted by Gasteiger charge is 2.29. The Kier molecular flexibility index (Phi) is 6.11. The van der Waals surface area contributed by atoms with Crippen molar-refractivity contribution < 1.29 is 14.3 Å². The fraction of sp³-hybridized carbons (Fsp3) is 0.450. The number of amides is 2. The highest BCUT2D eigenvalue weighted by atomic mass is 16.5. The molecule has 1 aromatic carbocycles. The maximum absolute atomic E-state index is 12.5. The first-order valence-corrected chi connectivity index (χ1v) is 9.38. The molecule has 1 aromatic heterocycles. The minimum atomic E-state index is -0.390. The summed E-state index contributed by atoms with van der Waals surface area (Å²) in [7, 11) is 1.73. The van der Waals surface area contributed by atoms with Crippen LogP contribution in [0, 0.1) is 0 Å². The third-order valence-electron chi connectivity index (χ3n) is 4.71. The fourth-order valence-corrected chi connectivity index (χ4v) is 3.37. The van der Waals surface area contributed by atoms with Gasteiger partial charge in [0.2, 0.25) is 0 Å². The third kappa shape index (κ3) is 4.48. The normalized spacial score (nSPS) is 13.2. The number of carbonyl (C=O) groups excluding carboxylic acids is 2. The number of carbonyl (C=O) groups is 2. The predicted molar refractivity (Wildman–Crippen MR) is 101 cm³/mol. The first-order valence-electron chi connectivity index (χ1n) is 9.38. The van der Waals surface area contributed by atoms with Crippen LogP contribution in [0.2, 0.25) is 0 Å². The van der Waals surface area contributed by atoms with E-state index in [-0.39, 0.29) is 12.0 Å². The van der Waals surface area contributed by atoms with Gasteiger partial charge in [0, 0.05) is 32.1 Å². The summed E-state index contributed by atoms with van der Waals surface area (Å²) in [6, 6.07) is 10.1. The summed E-state index contributed by atoms with van der Waals surface area (Å²) in [6.45, 7) is 3.67. The highest BCUT2D eigenvalue weighted by molar-refractivity contribution is 5.90. The summed E-state index contributed by atoms with van der Waals surface area (Å²) < 4.78 is 6.69. The van der Waals surface area contributed by atoms with E-state index in [1.54, 1.807) is 23.6 Å². The van der Waals surface area contributed by atoms with Crippen molar-refractivity contribution in [3.8, 4) is 0 Å². The molecule has 1 aliphatic heterocycles. The number of benzene rings is 1. The van der Waals surface area contributed by atoms with Gasteiger partial charge in [0.1, 0.15) is 0 Å². The number of fused-ring (bicyclic) bond motifs is 1. The number of aromatic nitrogens is 2. The predicted octanol–water partition coefficient (Wildman–Crippen LogP) is 2.30. The standard InChI is InChI=1S/C20H26N4O3/c1-3-27-19(25)18-16-14-24(13-11-17(16)22-23(18)2)20(26)21-12-7-10-15-8-5-4-6-9-15/h4-6,8-9H,3,7,10-14H2,1-2H3,(H,21,26).